The molecule has 0 saturated carbocycles. The van der Waals surface area contributed by atoms with E-state index in [1.807, 2.05) is 12.1 Å². The maximum Gasteiger partial charge on any atom is 0.167 e. The van der Waals surface area contributed by atoms with Crippen LogP contribution in [-0.4, -0.2) is 55.4 Å². The largest absolute Gasteiger partial charge is 0.383 e. The number of aromatic nitrogens is 2. The second-order valence-corrected chi connectivity index (χ2v) is 9.74. The summed E-state index contributed by atoms with van der Waals surface area (Å²) in [4.78, 5) is 10.8. The lowest BCUT2D eigenvalue weighted by molar-refractivity contribution is 0.110. The minimum atomic E-state index is -0.917. The Labute approximate surface area is 213 Å². The summed E-state index contributed by atoms with van der Waals surface area (Å²) in [6.45, 7) is 3.75. The Morgan fingerprint density at radius 1 is 1.11 bits per heavy atom. The summed E-state index contributed by atoms with van der Waals surface area (Å²) in [5, 5.41) is 6.52. The number of ether oxygens (including phenoxy) is 2. The Morgan fingerprint density at radius 3 is 2.49 bits per heavy atom. The third-order valence-electron chi connectivity index (χ3n) is 5.57. The minimum absolute atomic E-state index is 0.0303. The van der Waals surface area contributed by atoms with Crippen LogP contribution < -0.4 is 16.4 Å². The van der Waals surface area contributed by atoms with Crippen molar-refractivity contribution in [1.82, 2.24) is 14.9 Å². The van der Waals surface area contributed by atoms with Crippen LogP contribution in [0, 0.1) is 5.82 Å². The molecule has 186 valence electrons. The number of nitrogens with zero attached hydrogens (tertiary/aromatic N) is 3. The van der Waals surface area contributed by atoms with Crippen molar-refractivity contribution in [1.29, 1.82) is 0 Å². The van der Waals surface area contributed by atoms with Gasteiger partial charge in [0.25, 0.3) is 0 Å². The number of rotatable bonds is 11. The molecular formula is C24H28ClFN6O2S. The van der Waals surface area contributed by atoms with E-state index in [9.17, 15) is 4.39 Å². The number of anilines is 3. The first-order chi connectivity index (χ1) is 16.9. The van der Waals surface area contributed by atoms with Crippen LogP contribution in [0.15, 0.2) is 53.7 Å². The molecule has 1 aliphatic rings. The lowest BCUT2D eigenvalue weighted by Gasteiger charge is -2.25. The lowest BCUT2D eigenvalue weighted by atomic mass is 10.1. The van der Waals surface area contributed by atoms with Gasteiger partial charge in [0.15, 0.2) is 4.99 Å². The molecule has 4 rings (SSSR count). The predicted octanol–water partition coefficient (Wildman–Crippen LogP) is 4.39. The van der Waals surface area contributed by atoms with E-state index in [2.05, 4.69) is 37.6 Å². The van der Waals surface area contributed by atoms with Crippen molar-refractivity contribution < 1.29 is 13.9 Å². The summed E-state index contributed by atoms with van der Waals surface area (Å²) in [6.07, 6.45) is 1.45. The predicted molar refractivity (Wildman–Crippen MR) is 138 cm³/mol. The lowest BCUT2D eigenvalue weighted by Crippen LogP contribution is -2.38. The fourth-order valence-electron chi connectivity index (χ4n) is 3.68. The third-order valence-corrected chi connectivity index (χ3v) is 7.11. The van der Waals surface area contributed by atoms with Gasteiger partial charge >= 0.3 is 0 Å². The van der Waals surface area contributed by atoms with Gasteiger partial charge in [-0.15, -0.1) is 0 Å². The van der Waals surface area contributed by atoms with Crippen molar-refractivity contribution >= 4 is 40.7 Å². The van der Waals surface area contributed by atoms with E-state index in [1.54, 1.807) is 20.3 Å². The topological polar surface area (TPSA) is 97.6 Å². The number of thioether (sulfide) groups is 1. The van der Waals surface area contributed by atoms with Gasteiger partial charge in [0.2, 0.25) is 0 Å². The van der Waals surface area contributed by atoms with Crippen molar-refractivity contribution in [3.63, 3.8) is 0 Å². The Balaban J connectivity index is 1.48. The maximum atomic E-state index is 13.5. The van der Waals surface area contributed by atoms with Crippen molar-refractivity contribution in [3.05, 3.63) is 70.8 Å². The zero-order valence-corrected chi connectivity index (χ0v) is 21.1. The SMILES string of the molecule is COCCN(CCOC)Cc1ccc(C2(N)Nc3ncnc(Nc4ccc(F)c(Cl)c4)c3S2)cc1. The average molecular weight is 519 g/mol. The Bertz CT molecular complexity index is 1150. The number of benzene rings is 2. The van der Waals surface area contributed by atoms with Gasteiger partial charge in [-0.05, 0) is 23.8 Å². The molecule has 1 atom stereocenters. The first-order valence-electron chi connectivity index (χ1n) is 11.0. The van der Waals surface area contributed by atoms with Gasteiger partial charge in [-0.1, -0.05) is 47.6 Å². The van der Waals surface area contributed by atoms with Crippen molar-refractivity contribution in [3.8, 4) is 0 Å². The standard InChI is InChI=1S/C24H28ClFN6O2S/c1-33-11-9-32(10-12-34-2)14-16-3-5-17(6-4-16)24(27)31-23-21(35-24)22(28-15-29-23)30-18-7-8-20(26)19(25)13-18/h3-8,13,15H,9-12,14,27H2,1-2H3,(H2,28,29,30,31). The molecule has 35 heavy (non-hydrogen) atoms. The van der Waals surface area contributed by atoms with Crippen LogP contribution >= 0.6 is 23.4 Å². The second-order valence-electron chi connectivity index (χ2n) is 8.08. The molecule has 4 N–H and O–H groups in total. The summed E-state index contributed by atoms with van der Waals surface area (Å²) in [5.74, 6) is 0.703. The highest BCUT2D eigenvalue weighted by molar-refractivity contribution is 8.01. The van der Waals surface area contributed by atoms with E-state index >= 15 is 0 Å². The molecule has 3 aromatic rings. The molecule has 2 heterocycles. The van der Waals surface area contributed by atoms with Gasteiger partial charge in [-0.2, -0.15) is 0 Å². The van der Waals surface area contributed by atoms with E-state index in [1.165, 1.54) is 35.8 Å². The molecular weight excluding hydrogens is 491 g/mol. The number of methoxy groups -OCH3 is 2. The normalized spacial score (nSPS) is 16.9. The monoisotopic (exact) mass is 518 g/mol. The molecule has 0 spiro atoms. The fraction of sp³-hybridized carbons (Fsp3) is 0.333. The Morgan fingerprint density at radius 2 is 1.83 bits per heavy atom. The van der Waals surface area contributed by atoms with Crippen molar-refractivity contribution in [2.24, 2.45) is 5.73 Å². The van der Waals surface area contributed by atoms with Crippen LogP contribution in [0.2, 0.25) is 5.02 Å². The van der Waals surface area contributed by atoms with E-state index in [0.29, 0.717) is 30.5 Å². The van der Waals surface area contributed by atoms with E-state index < -0.39 is 10.8 Å². The van der Waals surface area contributed by atoms with Crippen LogP contribution in [0.5, 0.6) is 0 Å². The van der Waals surface area contributed by atoms with Gasteiger partial charge < -0.3 is 20.1 Å². The third kappa shape index (κ3) is 6.21. The number of hydrogen-bond acceptors (Lipinski definition) is 9. The zero-order chi connectivity index (χ0) is 24.8. The van der Waals surface area contributed by atoms with Crippen molar-refractivity contribution in [2.45, 2.75) is 16.4 Å². The van der Waals surface area contributed by atoms with Crippen LogP contribution in [0.4, 0.5) is 21.7 Å². The Kier molecular flexibility index (Phi) is 8.42. The molecule has 0 amide bonds. The molecule has 1 aromatic heterocycles. The minimum Gasteiger partial charge on any atom is -0.383 e. The molecule has 0 saturated heterocycles. The molecule has 8 nitrogen and oxygen atoms in total. The zero-order valence-electron chi connectivity index (χ0n) is 19.6. The number of halogens is 2. The van der Waals surface area contributed by atoms with Crippen LogP contribution in [0.25, 0.3) is 0 Å². The van der Waals surface area contributed by atoms with E-state index in [4.69, 9.17) is 26.8 Å². The molecule has 1 unspecified atom stereocenters. The highest BCUT2D eigenvalue weighted by Crippen LogP contribution is 2.49. The van der Waals surface area contributed by atoms with Gasteiger partial charge in [-0.25, -0.2) is 14.4 Å². The molecule has 0 bridgehead atoms. The summed E-state index contributed by atoms with van der Waals surface area (Å²) < 4.78 is 24.0. The van der Waals surface area contributed by atoms with Gasteiger partial charge in [0.05, 0.1) is 23.1 Å². The number of nitrogens with two attached hydrogens (primary N) is 1. The molecule has 11 heteroatoms. The molecule has 1 aliphatic heterocycles. The van der Waals surface area contributed by atoms with Gasteiger partial charge in [0, 0.05) is 45.1 Å². The van der Waals surface area contributed by atoms with Crippen LogP contribution in [0.3, 0.4) is 0 Å². The number of nitrogens with one attached hydrogen (secondary N) is 2. The van der Waals surface area contributed by atoms with E-state index in [0.717, 1.165) is 30.1 Å². The molecule has 0 fully saturated rings. The molecule has 0 radical (unpaired) electrons. The van der Waals surface area contributed by atoms with Gasteiger partial charge in [0.1, 0.15) is 23.8 Å². The quantitative estimate of drug-likeness (QED) is 0.341. The first-order valence-corrected chi connectivity index (χ1v) is 12.2. The summed E-state index contributed by atoms with van der Waals surface area (Å²) in [6, 6.07) is 12.6. The fourth-order valence-corrected chi connectivity index (χ4v) is 4.98. The first kappa shape index (κ1) is 25.6. The highest BCUT2D eigenvalue weighted by atomic mass is 35.5. The molecule has 2 aromatic carbocycles. The van der Waals surface area contributed by atoms with Crippen LogP contribution in [-0.2, 0) is 21.0 Å². The van der Waals surface area contributed by atoms with Gasteiger partial charge in [-0.3, -0.25) is 10.6 Å². The van der Waals surface area contributed by atoms with Crippen LogP contribution in [0.1, 0.15) is 11.1 Å². The molecule has 0 aliphatic carbocycles. The summed E-state index contributed by atoms with van der Waals surface area (Å²) >= 11 is 7.33. The average Bonchev–Trinajstić information content (AvgIpc) is 3.22. The maximum absolute atomic E-state index is 13.5. The second kappa shape index (κ2) is 11.5. The Hall–Kier alpha value is -2.47. The number of fused-ring (bicyclic) bond motifs is 1. The highest BCUT2D eigenvalue weighted by Gasteiger charge is 2.38. The summed E-state index contributed by atoms with van der Waals surface area (Å²) in [5.41, 5.74) is 9.45. The smallest absolute Gasteiger partial charge is 0.167 e. The summed E-state index contributed by atoms with van der Waals surface area (Å²) in [7, 11) is 3.41. The number of hydrogen-bond donors (Lipinski definition) is 3. The van der Waals surface area contributed by atoms with E-state index in [-0.39, 0.29) is 5.02 Å². The van der Waals surface area contributed by atoms with Crippen molar-refractivity contribution in [2.75, 3.05) is 51.2 Å².